The molecular formula is C6H8N2O3. The Morgan fingerprint density at radius 2 is 2.55 bits per heavy atom. The second-order valence-corrected chi connectivity index (χ2v) is 1.99. The van der Waals surface area contributed by atoms with Crippen molar-refractivity contribution in [2.24, 2.45) is 5.16 Å². The van der Waals surface area contributed by atoms with Crippen LogP contribution in [0.25, 0.3) is 0 Å². The molecule has 0 aliphatic rings. The third-order valence-corrected chi connectivity index (χ3v) is 1.17. The van der Waals surface area contributed by atoms with Crippen molar-refractivity contribution in [2.75, 3.05) is 0 Å². The van der Waals surface area contributed by atoms with E-state index in [-0.39, 0.29) is 18.2 Å². The molecule has 0 aliphatic heterocycles. The van der Waals surface area contributed by atoms with Crippen LogP contribution in [0.1, 0.15) is 18.5 Å². The number of hydrogen-bond acceptors (Lipinski definition) is 5. The summed E-state index contributed by atoms with van der Waals surface area (Å²) in [7, 11) is 0. The average molecular weight is 156 g/mol. The number of aromatic nitrogens is 1. The first-order valence-electron chi connectivity index (χ1n) is 3.02. The molecule has 0 fully saturated rings. The zero-order chi connectivity index (χ0) is 8.27. The first-order valence-corrected chi connectivity index (χ1v) is 3.02. The van der Waals surface area contributed by atoms with Gasteiger partial charge in [-0.1, -0.05) is 5.16 Å². The van der Waals surface area contributed by atoms with Gasteiger partial charge in [0.25, 0.3) is 0 Å². The minimum Gasteiger partial charge on any atom is -0.443 e. The van der Waals surface area contributed by atoms with Crippen LogP contribution in [0.15, 0.2) is 15.8 Å². The Balaban J connectivity index is 2.89. The molecule has 60 valence electrons. The lowest BCUT2D eigenvalue weighted by molar-refractivity contribution is 0.276. The highest BCUT2D eigenvalue weighted by atomic mass is 16.4. The summed E-state index contributed by atoms with van der Waals surface area (Å²) in [4.78, 5) is 3.79. The number of aliphatic hydroxyl groups excluding tert-OH is 1. The summed E-state index contributed by atoms with van der Waals surface area (Å²) >= 11 is 0. The van der Waals surface area contributed by atoms with Crippen LogP contribution in [0.4, 0.5) is 0 Å². The maximum atomic E-state index is 8.58. The van der Waals surface area contributed by atoms with E-state index in [2.05, 4.69) is 10.1 Å². The van der Waals surface area contributed by atoms with Crippen LogP contribution in [0, 0.1) is 0 Å². The molecule has 0 amide bonds. The molecule has 5 heteroatoms. The van der Waals surface area contributed by atoms with Gasteiger partial charge < -0.3 is 14.7 Å². The van der Waals surface area contributed by atoms with Crippen molar-refractivity contribution in [3.05, 3.63) is 17.8 Å². The summed E-state index contributed by atoms with van der Waals surface area (Å²) in [6.07, 6.45) is 1.31. The number of nitrogens with zero attached hydrogens (tertiary/aromatic N) is 2. The molecule has 1 aromatic rings. The largest absolute Gasteiger partial charge is 0.443 e. The van der Waals surface area contributed by atoms with Crippen LogP contribution < -0.4 is 0 Å². The summed E-state index contributed by atoms with van der Waals surface area (Å²) in [6, 6.07) is 0. The van der Waals surface area contributed by atoms with Gasteiger partial charge in [-0.2, -0.15) is 0 Å². The molecule has 1 rings (SSSR count). The van der Waals surface area contributed by atoms with Crippen molar-refractivity contribution >= 4 is 5.71 Å². The Morgan fingerprint density at radius 1 is 1.82 bits per heavy atom. The molecule has 0 saturated heterocycles. The first-order chi connectivity index (χ1) is 5.27. The Morgan fingerprint density at radius 3 is 3.00 bits per heavy atom. The van der Waals surface area contributed by atoms with Gasteiger partial charge >= 0.3 is 0 Å². The molecule has 2 N–H and O–H groups in total. The monoisotopic (exact) mass is 156 g/mol. The smallest absolute Gasteiger partial charge is 0.244 e. The lowest BCUT2D eigenvalue weighted by Crippen LogP contribution is -1.94. The SMILES string of the molecule is C/C(=N\O)c1nc(CO)co1. The van der Waals surface area contributed by atoms with Crippen molar-refractivity contribution < 1.29 is 14.7 Å². The van der Waals surface area contributed by atoms with Crippen LogP contribution in [0.5, 0.6) is 0 Å². The number of rotatable bonds is 2. The van der Waals surface area contributed by atoms with Gasteiger partial charge in [-0.25, -0.2) is 4.98 Å². The van der Waals surface area contributed by atoms with Gasteiger partial charge in [0.05, 0.1) is 6.61 Å². The molecule has 0 aliphatic carbocycles. The highest BCUT2D eigenvalue weighted by molar-refractivity contribution is 5.93. The highest BCUT2D eigenvalue weighted by Gasteiger charge is 2.05. The van der Waals surface area contributed by atoms with Gasteiger partial charge in [0.15, 0.2) is 0 Å². The predicted molar refractivity (Wildman–Crippen MR) is 36.4 cm³/mol. The minimum atomic E-state index is -0.178. The lowest BCUT2D eigenvalue weighted by atomic mass is 10.4. The van der Waals surface area contributed by atoms with Gasteiger partial charge in [-0.3, -0.25) is 0 Å². The normalized spacial score (nSPS) is 12.0. The summed E-state index contributed by atoms with van der Waals surface area (Å²) in [5, 5.41) is 19.8. The molecule has 11 heavy (non-hydrogen) atoms. The van der Waals surface area contributed by atoms with E-state index in [1.165, 1.54) is 6.26 Å². The molecule has 0 spiro atoms. The van der Waals surface area contributed by atoms with Crippen LogP contribution in [0.3, 0.4) is 0 Å². The van der Waals surface area contributed by atoms with E-state index in [0.29, 0.717) is 5.69 Å². The highest BCUT2D eigenvalue weighted by Crippen LogP contribution is 2.02. The topological polar surface area (TPSA) is 78.9 Å². The second-order valence-electron chi connectivity index (χ2n) is 1.99. The van der Waals surface area contributed by atoms with Crippen molar-refractivity contribution in [1.82, 2.24) is 4.98 Å². The number of oxime groups is 1. The van der Waals surface area contributed by atoms with Crippen LogP contribution in [-0.2, 0) is 6.61 Å². The van der Waals surface area contributed by atoms with Gasteiger partial charge in [0, 0.05) is 0 Å². The van der Waals surface area contributed by atoms with Crippen LogP contribution in [0.2, 0.25) is 0 Å². The predicted octanol–water partition coefficient (Wildman–Crippen LogP) is 0.365. The summed E-state index contributed by atoms with van der Waals surface area (Å²) < 4.78 is 4.85. The van der Waals surface area contributed by atoms with E-state index in [9.17, 15) is 0 Å². The van der Waals surface area contributed by atoms with Gasteiger partial charge in [0.2, 0.25) is 5.89 Å². The summed E-state index contributed by atoms with van der Waals surface area (Å²) in [5.41, 5.74) is 0.702. The molecular weight excluding hydrogens is 148 g/mol. The average Bonchev–Trinajstić information content (AvgIpc) is 2.50. The summed E-state index contributed by atoms with van der Waals surface area (Å²) in [6.45, 7) is 1.37. The third-order valence-electron chi connectivity index (χ3n) is 1.17. The Hall–Kier alpha value is -1.36. The molecule has 1 aromatic heterocycles. The zero-order valence-corrected chi connectivity index (χ0v) is 5.98. The van der Waals surface area contributed by atoms with E-state index >= 15 is 0 Å². The van der Waals surface area contributed by atoms with Crippen molar-refractivity contribution in [3.8, 4) is 0 Å². The maximum Gasteiger partial charge on any atom is 0.244 e. The second kappa shape index (κ2) is 3.16. The number of oxazole rings is 1. The minimum absolute atomic E-state index is 0.178. The van der Waals surface area contributed by atoms with E-state index < -0.39 is 0 Å². The van der Waals surface area contributed by atoms with E-state index in [4.69, 9.17) is 14.7 Å². The number of aliphatic hydroxyl groups is 1. The molecule has 0 atom stereocenters. The zero-order valence-electron chi connectivity index (χ0n) is 5.98. The molecule has 0 bridgehead atoms. The van der Waals surface area contributed by atoms with Gasteiger partial charge in [-0.05, 0) is 6.92 Å². The molecule has 0 radical (unpaired) electrons. The fourth-order valence-corrected chi connectivity index (χ4v) is 0.589. The van der Waals surface area contributed by atoms with E-state index in [1.807, 2.05) is 0 Å². The van der Waals surface area contributed by atoms with Crippen molar-refractivity contribution in [2.45, 2.75) is 13.5 Å². The molecule has 0 unspecified atom stereocenters. The Bertz CT molecular complexity index is 267. The molecule has 0 aromatic carbocycles. The van der Waals surface area contributed by atoms with Crippen LogP contribution in [-0.4, -0.2) is 21.0 Å². The lowest BCUT2D eigenvalue weighted by Gasteiger charge is -1.86. The van der Waals surface area contributed by atoms with Gasteiger partial charge in [0.1, 0.15) is 17.7 Å². The Labute approximate surface area is 63.0 Å². The maximum absolute atomic E-state index is 8.58. The fraction of sp³-hybridized carbons (Fsp3) is 0.333. The van der Waals surface area contributed by atoms with Crippen molar-refractivity contribution in [1.29, 1.82) is 0 Å². The quantitative estimate of drug-likeness (QED) is 0.368. The summed E-state index contributed by atoms with van der Waals surface area (Å²) in [5.74, 6) is 0.219. The molecule has 5 nitrogen and oxygen atoms in total. The van der Waals surface area contributed by atoms with Crippen molar-refractivity contribution in [3.63, 3.8) is 0 Å². The Kier molecular flexibility index (Phi) is 2.22. The van der Waals surface area contributed by atoms with E-state index in [1.54, 1.807) is 6.92 Å². The van der Waals surface area contributed by atoms with Gasteiger partial charge in [-0.15, -0.1) is 0 Å². The fourth-order valence-electron chi connectivity index (χ4n) is 0.589. The van der Waals surface area contributed by atoms with E-state index in [0.717, 1.165) is 0 Å². The third kappa shape index (κ3) is 1.56. The number of hydrogen-bond donors (Lipinski definition) is 2. The molecule has 0 saturated carbocycles. The first kappa shape index (κ1) is 7.74. The van der Waals surface area contributed by atoms with Crippen LogP contribution >= 0.6 is 0 Å². The standard InChI is InChI=1S/C6H8N2O3/c1-4(8-10)6-7-5(2-9)3-11-6/h3,9-10H,2H2,1H3/b8-4+. The molecule has 1 heterocycles.